The number of halogens is 2. The zero-order valence-electron chi connectivity index (χ0n) is 10.4. The van der Waals surface area contributed by atoms with Gasteiger partial charge < -0.3 is 5.73 Å². The summed E-state index contributed by atoms with van der Waals surface area (Å²) in [6.07, 6.45) is 3.70. The number of benzene rings is 2. The van der Waals surface area contributed by atoms with Gasteiger partial charge in [-0.1, -0.05) is 53.5 Å². The summed E-state index contributed by atoms with van der Waals surface area (Å²) in [5.74, 6) is 0. The van der Waals surface area contributed by atoms with Crippen molar-refractivity contribution in [3.63, 3.8) is 0 Å². The average molecular weight is 304 g/mol. The second kappa shape index (κ2) is 5.19. The summed E-state index contributed by atoms with van der Waals surface area (Å²) in [6, 6.07) is 13.3. The van der Waals surface area contributed by atoms with E-state index in [-0.39, 0.29) is 0 Å². The Hall–Kier alpha value is -1.97. The number of aromatic nitrogens is 2. The van der Waals surface area contributed by atoms with Crippen LogP contribution in [-0.4, -0.2) is 9.78 Å². The maximum atomic E-state index is 6.03. The zero-order chi connectivity index (χ0) is 14.1. The summed E-state index contributed by atoms with van der Waals surface area (Å²) in [5.41, 5.74) is 9.31. The molecule has 3 aromatic rings. The Bertz CT molecular complexity index is 751. The van der Waals surface area contributed by atoms with Gasteiger partial charge >= 0.3 is 0 Å². The van der Waals surface area contributed by atoms with Crippen LogP contribution in [-0.2, 0) is 0 Å². The van der Waals surface area contributed by atoms with E-state index in [0.717, 1.165) is 11.1 Å². The Morgan fingerprint density at radius 2 is 1.65 bits per heavy atom. The molecule has 2 aromatic carbocycles. The van der Waals surface area contributed by atoms with Crippen LogP contribution in [0.2, 0.25) is 10.0 Å². The van der Waals surface area contributed by atoms with E-state index in [4.69, 9.17) is 28.9 Å². The SMILES string of the molecule is Nc1cc(Cl)c(Cl)cc1-n1cc(-c2ccccc2)cn1. The van der Waals surface area contributed by atoms with Gasteiger partial charge in [-0.3, -0.25) is 0 Å². The third-order valence-corrected chi connectivity index (χ3v) is 3.73. The molecular formula is C15H11Cl2N3. The molecule has 0 spiro atoms. The predicted octanol–water partition coefficient (Wildman–Crippen LogP) is 4.43. The van der Waals surface area contributed by atoms with Gasteiger partial charge in [0.1, 0.15) is 0 Å². The molecule has 5 heteroatoms. The van der Waals surface area contributed by atoms with Crippen LogP contribution >= 0.6 is 23.2 Å². The van der Waals surface area contributed by atoms with Crippen LogP contribution in [0.25, 0.3) is 16.8 Å². The van der Waals surface area contributed by atoms with Crippen molar-refractivity contribution < 1.29 is 0 Å². The van der Waals surface area contributed by atoms with Crippen molar-refractivity contribution in [1.29, 1.82) is 0 Å². The molecule has 0 saturated heterocycles. The molecule has 0 saturated carbocycles. The van der Waals surface area contributed by atoms with E-state index < -0.39 is 0 Å². The minimum Gasteiger partial charge on any atom is -0.397 e. The maximum Gasteiger partial charge on any atom is 0.0890 e. The first-order chi connectivity index (χ1) is 9.65. The van der Waals surface area contributed by atoms with E-state index in [1.807, 2.05) is 36.5 Å². The van der Waals surface area contributed by atoms with Crippen LogP contribution < -0.4 is 5.73 Å². The highest BCUT2D eigenvalue weighted by molar-refractivity contribution is 6.42. The van der Waals surface area contributed by atoms with Gasteiger partial charge in [-0.05, 0) is 17.7 Å². The fourth-order valence-electron chi connectivity index (χ4n) is 1.98. The van der Waals surface area contributed by atoms with Gasteiger partial charge in [0.15, 0.2) is 0 Å². The molecule has 0 aliphatic rings. The fourth-order valence-corrected chi connectivity index (χ4v) is 2.31. The summed E-state index contributed by atoms with van der Waals surface area (Å²) in [4.78, 5) is 0. The van der Waals surface area contributed by atoms with E-state index in [1.165, 1.54) is 0 Å². The minimum atomic E-state index is 0.434. The number of nitrogens with two attached hydrogens (primary N) is 1. The molecule has 0 aliphatic heterocycles. The fraction of sp³-hybridized carbons (Fsp3) is 0. The van der Waals surface area contributed by atoms with Gasteiger partial charge in [0.05, 0.1) is 27.6 Å². The first-order valence-electron chi connectivity index (χ1n) is 6.00. The molecule has 100 valence electrons. The molecule has 0 unspecified atom stereocenters. The molecule has 3 nitrogen and oxygen atoms in total. The van der Waals surface area contributed by atoms with Crippen LogP contribution in [0.15, 0.2) is 54.9 Å². The summed E-state index contributed by atoms with van der Waals surface area (Å²) in [5, 5.41) is 5.21. The van der Waals surface area contributed by atoms with E-state index in [0.29, 0.717) is 21.4 Å². The second-order valence-electron chi connectivity index (χ2n) is 4.36. The van der Waals surface area contributed by atoms with E-state index in [9.17, 15) is 0 Å². The number of rotatable bonds is 2. The Morgan fingerprint density at radius 1 is 0.950 bits per heavy atom. The normalized spacial score (nSPS) is 10.7. The molecular weight excluding hydrogens is 293 g/mol. The Morgan fingerprint density at radius 3 is 2.40 bits per heavy atom. The highest BCUT2D eigenvalue weighted by Gasteiger charge is 2.09. The number of hydrogen-bond acceptors (Lipinski definition) is 2. The third-order valence-electron chi connectivity index (χ3n) is 3.01. The lowest BCUT2D eigenvalue weighted by Crippen LogP contribution is -2.00. The van der Waals surface area contributed by atoms with Crippen molar-refractivity contribution in [1.82, 2.24) is 9.78 Å². The first-order valence-corrected chi connectivity index (χ1v) is 6.76. The molecule has 0 fully saturated rings. The van der Waals surface area contributed by atoms with Crippen LogP contribution in [0.3, 0.4) is 0 Å². The summed E-state index contributed by atoms with van der Waals surface area (Å²) < 4.78 is 1.69. The Kier molecular flexibility index (Phi) is 3.38. The quantitative estimate of drug-likeness (QED) is 0.712. The van der Waals surface area contributed by atoms with E-state index >= 15 is 0 Å². The number of nitrogens with zero attached hydrogens (tertiary/aromatic N) is 2. The van der Waals surface area contributed by atoms with Gasteiger partial charge in [0.2, 0.25) is 0 Å². The lowest BCUT2D eigenvalue weighted by atomic mass is 10.1. The molecule has 2 N–H and O–H groups in total. The van der Waals surface area contributed by atoms with Gasteiger partial charge in [0.25, 0.3) is 0 Å². The summed E-state index contributed by atoms with van der Waals surface area (Å²) in [6.45, 7) is 0. The van der Waals surface area contributed by atoms with Crippen molar-refractivity contribution >= 4 is 28.9 Å². The van der Waals surface area contributed by atoms with Crippen molar-refractivity contribution in [3.05, 3.63) is 64.9 Å². The van der Waals surface area contributed by atoms with Gasteiger partial charge in [-0.2, -0.15) is 5.10 Å². The van der Waals surface area contributed by atoms with E-state index in [2.05, 4.69) is 5.10 Å². The predicted molar refractivity (Wildman–Crippen MR) is 83.4 cm³/mol. The summed E-state index contributed by atoms with van der Waals surface area (Å²) in [7, 11) is 0. The van der Waals surface area contributed by atoms with Crippen LogP contribution in [0.1, 0.15) is 0 Å². The van der Waals surface area contributed by atoms with Crippen molar-refractivity contribution in [2.45, 2.75) is 0 Å². The second-order valence-corrected chi connectivity index (χ2v) is 5.18. The first kappa shape index (κ1) is 13.0. The lowest BCUT2D eigenvalue weighted by molar-refractivity contribution is 0.883. The maximum absolute atomic E-state index is 6.03. The average Bonchev–Trinajstić information content (AvgIpc) is 2.93. The smallest absolute Gasteiger partial charge is 0.0890 e. The van der Waals surface area contributed by atoms with Crippen LogP contribution in [0.5, 0.6) is 0 Å². The molecule has 0 bridgehead atoms. The molecule has 20 heavy (non-hydrogen) atoms. The van der Waals surface area contributed by atoms with Crippen molar-refractivity contribution in [3.8, 4) is 16.8 Å². The highest BCUT2D eigenvalue weighted by atomic mass is 35.5. The Labute approximate surface area is 126 Å². The van der Waals surface area contributed by atoms with E-state index in [1.54, 1.807) is 23.0 Å². The van der Waals surface area contributed by atoms with Gasteiger partial charge in [-0.25, -0.2) is 4.68 Å². The molecule has 1 aromatic heterocycles. The minimum absolute atomic E-state index is 0.434. The van der Waals surface area contributed by atoms with Crippen molar-refractivity contribution in [2.75, 3.05) is 5.73 Å². The van der Waals surface area contributed by atoms with Crippen LogP contribution in [0, 0.1) is 0 Å². The monoisotopic (exact) mass is 303 g/mol. The third kappa shape index (κ3) is 2.38. The molecule has 0 amide bonds. The standard InChI is InChI=1S/C15H11Cl2N3/c16-12-6-14(18)15(7-13(12)17)20-9-11(8-19-20)10-4-2-1-3-5-10/h1-9H,18H2. The summed E-state index contributed by atoms with van der Waals surface area (Å²) >= 11 is 12.0. The highest BCUT2D eigenvalue weighted by Crippen LogP contribution is 2.30. The molecule has 3 rings (SSSR count). The molecule has 1 heterocycles. The Balaban J connectivity index is 2.05. The number of nitrogen functional groups attached to an aromatic ring is 1. The number of hydrogen-bond donors (Lipinski definition) is 1. The van der Waals surface area contributed by atoms with Crippen molar-refractivity contribution in [2.24, 2.45) is 0 Å². The largest absolute Gasteiger partial charge is 0.397 e. The van der Waals surface area contributed by atoms with Crippen LogP contribution in [0.4, 0.5) is 5.69 Å². The van der Waals surface area contributed by atoms with Gasteiger partial charge in [-0.15, -0.1) is 0 Å². The molecule has 0 atom stereocenters. The lowest BCUT2D eigenvalue weighted by Gasteiger charge is -2.07. The zero-order valence-corrected chi connectivity index (χ0v) is 11.9. The van der Waals surface area contributed by atoms with Gasteiger partial charge in [0, 0.05) is 11.8 Å². The molecule has 0 radical (unpaired) electrons. The topological polar surface area (TPSA) is 43.8 Å². The number of anilines is 1. The molecule has 0 aliphatic carbocycles.